The minimum Gasteiger partial charge on any atom is -0.201 e. The Morgan fingerprint density at radius 1 is 0.200 bits per heavy atom. The van der Waals surface area contributed by atoms with Gasteiger partial charge < -0.3 is 0 Å². The number of hydrogen-bond acceptors (Lipinski definition) is 0. The van der Waals surface area contributed by atoms with Crippen molar-refractivity contribution in [3.05, 3.63) is 242 Å². The molecule has 0 saturated carbocycles. The fourth-order valence-corrected chi connectivity index (χ4v) is 8.57. The Hall–Kier alpha value is -7.56. The second kappa shape index (κ2) is 15.3. The third-order valence-corrected chi connectivity index (χ3v) is 12.1. The van der Waals surface area contributed by atoms with Crippen molar-refractivity contribution in [1.29, 1.82) is 0 Å². The topological polar surface area (TPSA) is 15.5 Å². The van der Waals surface area contributed by atoms with E-state index in [9.17, 15) is 0 Å². The normalized spacial score (nSPS) is 12.4. The quantitative estimate of drug-likeness (QED) is 0.137. The fourth-order valence-electron chi connectivity index (χ4n) is 8.57. The van der Waals surface area contributed by atoms with Crippen LogP contribution < -0.4 is 18.3 Å². The van der Waals surface area contributed by atoms with Crippen LogP contribution in [0.25, 0.3) is 66.1 Å². The van der Waals surface area contributed by atoms with Crippen molar-refractivity contribution in [2.24, 2.45) is 0 Å². The predicted octanol–water partition coefficient (Wildman–Crippen LogP) is 10.3. The molecule has 0 unspecified atom stereocenters. The average Bonchev–Trinajstić information content (AvgIpc) is 3.30. The molecule has 0 radical (unpaired) electrons. The summed E-state index contributed by atoms with van der Waals surface area (Å²) < 4.78 is 9.00. The molecular formula is C56H44N4+4. The summed E-state index contributed by atoms with van der Waals surface area (Å²) in [5.41, 5.74) is 14.9. The summed E-state index contributed by atoms with van der Waals surface area (Å²) >= 11 is 0. The van der Waals surface area contributed by atoms with Crippen molar-refractivity contribution in [3.8, 4) is 44.5 Å². The molecule has 0 saturated heterocycles. The van der Waals surface area contributed by atoms with E-state index in [0.29, 0.717) is 0 Å². The number of rotatable bonds is 0. The lowest BCUT2D eigenvalue weighted by molar-refractivity contribution is -0.688. The summed E-state index contributed by atoms with van der Waals surface area (Å²) in [4.78, 5) is 0. The minimum absolute atomic E-state index is 0.828. The van der Waals surface area contributed by atoms with E-state index < -0.39 is 0 Å². The van der Waals surface area contributed by atoms with Gasteiger partial charge in [-0.3, -0.25) is 0 Å². The van der Waals surface area contributed by atoms with E-state index >= 15 is 0 Å². The lowest BCUT2D eigenvalue weighted by atomic mass is 9.98. The van der Waals surface area contributed by atoms with Gasteiger partial charge in [0, 0.05) is 70.8 Å². The van der Waals surface area contributed by atoms with Crippen LogP contribution in [-0.2, 0) is 26.2 Å². The van der Waals surface area contributed by atoms with E-state index in [1.807, 2.05) is 0 Å². The van der Waals surface area contributed by atoms with Gasteiger partial charge in [-0.25, -0.2) is 18.3 Å². The Balaban J connectivity index is 0.884. The summed E-state index contributed by atoms with van der Waals surface area (Å²) in [5.74, 6) is 0. The maximum atomic E-state index is 2.30. The van der Waals surface area contributed by atoms with E-state index in [1.165, 1.54) is 88.3 Å². The van der Waals surface area contributed by atoms with Gasteiger partial charge in [0.2, 0.25) is 0 Å². The molecule has 36 rings (SSSR count). The number of benzene rings is 6. The van der Waals surface area contributed by atoms with E-state index in [2.05, 4.69) is 238 Å². The lowest BCUT2D eigenvalue weighted by Crippen LogP contribution is -2.33. The third-order valence-electron chi connectivity index (χ3n) is 12.1. The molecule has 0 fully saturated rings. The third kappa shape index (κ3) is 7.47. The fraction of sp³-hybridized carbons (Fsp3) is 0.0714. The Bertz CT molecular complexity index is 2700. The van der Waals surface area contributed by atoms with Crippen LogP contribution in [0.4, 0.5) is 0 Å². The van der Waals surface area contributed by atoms with Gasteiger partial charge in [0.05, 0.1) is 0 Å². The number of pyridine rings is 4. The Labute approximate surface area is 350 Å². The van der Waals surface area contributed by atoms with Crippen LogP contribution in [0, 0.1) is 0 Å². The summed E-state index contributed by atoms with van der Waals surface area (Å²) in [6, 6.07) is 63.0. The zero-order valence-corrected chi connectivity index (χ0v) is 33.4. The molecule has 10 aromatic rings. The zero-order valence-electron chi connectivity index (χ0n) is 33.4. The first kappa shape index (κ1) is 35.6. The number of nitrogens with zero attached hydrogens (tertiary/aromatic N) is 4. The predicted molar refractivity (Wildman–Crippen MR) is 240 cm³/mol. The Morgan fingerprint density at radius 3 is 0.600 bits per heavy atom. The van der Waals surface area contributed by atoms with Gasteiger partial charge in [0.25, 0.3) is 0 Å². The highest BCUT2D eigenvalue weighted by atomic mass is 14.9. The molecule has 4 nitrogen and oxygen atoms in total. The maximum absolute atomic E-state index is 2.30. The Kier molecular flexibility index (Phi) is 9.08. The van der Waals surface area contributed by atoms with Crippen LogP contribution >= 0.6 is 0 Å². The molecule has 30 heterocycles. The van der Waals surface area contributed by atoms with E-state index in [-0.39, 0.29) is 0 Å². The average molecular weight is 773 g/mol. The van der Waals surface area contributed by atoms with Gasteiger partial charge in [-0.05, 0) is 90.3 Å². The van der Waals surface area contributed by atoms with Gasteiger partial charge in [-0.1, -0.05) is 97.1 Å². The monoisotopic (exact) mass is 772 g/mol. The second-order valence-electron chi connectivity index (χ2n) is 16.2. The highest BCUT2D eigenvalue weighted by Crippen LogP contribution is 2.30. The van der Waals surface area contributed by atoms with Crippen LogP contribution in [0.2, 0.25) is 0 Å². The van der Waals surface area contributed by atoms with Crippen molar-refractivity contribution in [2.45, 2.75) is 26.2 Å². The number of hydrogen-bond donors (Lipinski definition) is 0. The van der Waals surface area contributed by atoms with Gasteiger partial charge in [0.1, 0.15) is 0 Å². The molecule has 6 aromatic carbocycles. The van der Waals surface area contributed by atoms with Crippen molar-refractivity contribution >= 4 is 21.5 Å². The van der Waals surface area contributed by atoms with Crippen molar-refractivity contribution < 1.29 is 18.3 Å². The number of aromatic nitrogens is 4. The molecule has 20 bridgehead atoms. The minimum atomic E-state index is 0.828. The molecule has 0 N–H and O–H groups in total. The van der Waals surface area contributed by atoms with Crippen LogP contribution in [-0.4, -0.2) is 0 Å². The van der Waals surface area contributed by atoms with Gasteiger partial charge in [-0.15, -0.1) is 0 Å². The molecule has 4 heteroatoms. The highest BCUT2D eigenvalue weighted by molar-refractivity contribution is 5.92. The van der Waals surface area contributed by atoms with Gasteiger partial charge >= 0.3 is 0 Å². The van der Waals surface area contributed by atoms with Crippen molar-refractivity contribution in [1.82, 2.24) is 0 Å². The largest absolute Gasteiger partial charge is 0.201 e. The molecule has 0 aliphatic carbocycles. The maximum Gasteiger partial charge on any atom is 0.173 e. The molecule has 26 aliphatic rings. The Morgan fingerprint density at radius 2 is 0.400 bits per heavy atom. The van der Waals surface area contributed by atoms with Crippen LogP contribution in [0.15, 0.2) is 219 Å². The molecule has 0 atom stereocenters. The first-order valence-electron chi connectivity index (χ1n) is 20.8. The van der Waals surface area contributed by atoms with E-state index in [0.717, 1.165) is 26.2 Å². The molecule has 0 spiro atoms. The summed E-state index contributed by atoms with van der Waals surface area (Å²) in [5, 5.41) is 4.98. The molecule has 26 aliphatic heterocycles. The van der Waals surface area contributed by atoms with Crippen molar-refractivity contribution in [3.63, 3.8) is 0 Å². The van der Waals surface area contributed by atoms with E-state index in [4.69, 9.17) is 0 Å². The molecule has 284 valence electrons. The summed E-state index contributed by atoms with van der Waals surface area (Å²) in [6.45, 7) is 3.31. The second-order valence-corrected chi connectivity index (χ2v) is 16.2. The van der Waals surface area contributed by atoms with Crippen LogP contribution in [0.1, 0.15) is 22.3 Å². The molecule has 60 heavy (non-hydrogen) atoms. The van der Waals surface area contributed by atoms with Crippen LogP contribution in [0.5, 0.6) is 0 Å². The summed E-state index contributed by atoms with van der Waals surface area (Å²) in [6.07, 6.45) is 17.5. The van der Waals surface area contributed by atoms with E-state index in [1.54, 1.807) is 0 Å². The SMILES string of the molecule is c1cc2ccc1C[n+]1ccc(cc1)-c1ccc3cc(ccc3c1)-c1cc[n+](cc1)Cc1ccc(cc1)C[n+]1ccc(cc1)-c1ccc3cc(ccc3c1)-c1cc[n+](cc1)C2. The van der Waals surface area contributed by atoms with Gasteiger partial charge in [-0.2, -0.15) is 0 Å². The highest BCUT2D eigenvalue weighted by Gasteiger charge is 2.12. The van der Waals surface area contributed by atoms with Crippen molar-refractivity contribution in [2.75, 3.05) is 0 Å². The standard InChI is InChI=1S/C56H44N4/c1-2-42-4-3-41(1)37-57-25-17-45(18-26-57)49-9-13-54-35-51(11-15-53(54)33-49)47-21-29-59(30-22-47)39-43-5-7-44(8-6-43)40-60-31-23-48(24-32-60)52-12-16-55-34-50(10-14-56(55)36-52)46-19-27-58(38-42)28-20-46/h1-36H,37-40H2/q+4. The first-order chi connectivity index (χ1) is 29.6. The molecule has 0 amide bonds. The molecule has 4 aromatic heterocycles. The van der Waals surface area contributed by atoms with Gasteiger partial charge in [0.15, 0.2) is 75.8 Å². The smallest absolute Gasteiger partial charge is 0.173 e. The zero-order chi connectivity index (χ0) is 39.8. The summed E-state index contributed by atoms with van der Waals surface area (Å²) in [7, 11) is 0. The molecular weight excluding hydrogens is 729 g/mol. The lowest BCUT2D eigenvalue weighted by Gasteiger charge is -2.08. The van der Waals surface area contributed by atoms with Crippen LogP contribution in [0.3, 0.4) is 0 Å². The first-order valence-corrected chi connectivity index (χ1v) is 20.8.